The van der Waals surface area contributed by atoms with Crippen molar-refractivity contribution in [1.82, 2.24) is 4.90 Å². The third kappa shape index (κ3) is 2.16. The van der Waals surface area contributed by atoms with Crippen LogP contribution in [0.2, 0.25) is 0 Å². The average molecular weight is 323 g/mol. The van der Waals surface area contributed by atoms with Gasteiger partial charge in [-0.3, -0.25) is 4.90 Å². The third-order valence-electron chi connectivity index (χ3n) is 4.97. The maximum Gasteiger partial charge on any atom is 0.411 e. The van der Waals surface area contributed by atoms with Gasteiger partial charge in [0.25, 0.3) is 0 Å². The largest absolute Gasteiger partial charge is 0.479 e. The number of benzene rings is 2. The maximum atomic E-state index is 12.6. The van der Waals surface area contributed by atoms with Crippen molar-refractivity contribution >= 4 is 12.1 Å². The van der Waals surface area contributed by atoms with Crippen molar-refractivity contribution in [3.05, 3.63) is 71.3 Å². The van der Waals surface area contributed by atoms with Gasteiger partial charge in [-0.05, 0) is 23.1 Å². The lowest BCUT2D eigenvalue weighted by Crippen LogP contribution is -2.50. The van der Waals surface area contributed by atoms with Crippen LogP contribution in [0.25, 0.3) is 0 Å². The molecule has 4 rings (SSSR count). The Labute approximate surface area is 139 Å². The fourth-order valence-corrected chi connectivity index (χ4v) is 3.62. The van der Waals surface area contributed by atoms with E-state index in [0.717, 1.165) is 16.7 Å². The molecule has 0 spiro atoms. The topological polar surface area (TPSA) is 66.8 Å². The normalized spacial score (nSPS) is 23.8. The number of ether oxygens (including phenoxy) is 1. The van der Waals surface area contributed by atoms with Crippen LogP contribution in [0, 0.1) is 0 Å². The summed E-state index contributed by atoms with van der Waals surface area (Å²) in [5.74, 6) is -1.11. The van der Waals surface area contributed by atoms with Crippen LogP contribution < -0.4 is 0 Å². The first-order chi connectivity index (χ1) is 11.6. The van der Waals surface area contributed by atoms with Gasteiger partial charge in [-0.15, -0.1) is 0 Å². The predicted molar refractivity (Wildman–Crippen MR) is 86.3 cm³/mol. The van der Waals surface area contributed by atoms with Gasteiger partial charge in [-0.25, -0.2) is 9.59 Å². The molecule has 0 radical (unpaired) electrons. The van der Waals surface area contributed by atoms with E-state index in [2.05, 4.69) is 0 Å². The molecule has 2 unspecified atom stereocenters. The molecule has 1 aliphatic carbocycles. The highest BCUT2D eigenvalue weighted by atomic mass is 16.6. The number of carbonyl (C=O) groups excluding carboxylic acids is 1. The predicted octanol–water partition coefficient (Wildman–Crippen LogP) is 3.15. The minimum absolute atomic E-state index is 0.137. The number of carboxylic acids is 1. The zero-order valence-corrected chi connectivity index (χ0v) is 13.0. The van der Waals surface area contributed by atoms with Gasteiger partial charge in [0.2, 0.25) is 0 Å². The van der Waals surface area contributed by atoms with E-state index in [1.807, 2.05) is 54.6 Å². The molecule has 0 saturated heterocycles. The van der Waals surface area contributed by atoms with Gasteiger partial charge in [0.05, 0.1) is 6.54 Å². The van der Waals surface area contributed by atoms with E-state index in [0.29, 0.717) is 6.42 Å². The van der Waals surface area contributed by atoms with Crippen LogP contribution in [0.3, 0.4) is 0 Å². The Morgan fingerprint density at radius 3 is 2.58 bits per heavy atom. The quantitative estimate of drug-likeness (QED) is 0.942. The first-order valence-corrected chi connectivity index (χ1v) is 7.92. The molecule has 122 valence electrons. The molecule has 0 aromatic heterocycles. The number of hydrogen-bond donors (Lipinski definition) is 1. The zero-order chi connectivity index (χ0) is 16.7. The Balaban J connectivity index is 1.57. The third-order valence-corrected chi connectivity index (χ3v) is 4.97. The van der Waals surface area contributed by atoms with Crippen molar-refractivity contribution in [2.24, 2.45) is 0 Å². The second-order valence-electron chi connectivity index (χ2n) is 6.31. The summed E-state index contributed by atoms with van der Waals surface area (Å²) in [7, 11) is 0. The van der Waals surface area contributed by atoms with Crippen molar-refractivity contribution < 1.29 is 19.4 Å². The lowest BCUT2D eigenvalue weighted by Gasteiger charge is -2.33. The molecule has 5 heteroatoms. The molecular formula is C19H17NO4. The number of nitrogens with zero attached hydrogens (tertiary/aromatic N) is 1. The summed E-state index contributed by atoms with van der Waals surface area (Å²) in [6, 6.07) is 17.1. The number of rotatable bonds is 3. The highest BCUT2D eigenvalue weighted by molar-refractivity contribution is 5.91. The molecule has 1 heterocycles. The van der Waals surface area contributed by atoms with Crippen LogP contribution >= 0.6 is 0 Å². The lowest BCUT2D eigenvalue weighted by atomic mass is 9.94. The molecule has 2 aromatic rings. The molecule has 24 heavy (non-hydrogen) atoms. The summed E-state index contributed by atoms with van der Waals surface area (Å²) < 4.78 is 5.38. The highest BCUT2D eigenvalue weighted by Crippen LogP contribution is 2.59. The van der Waals surface area contributed by atoms with Crippen LogP contribution in [0.4, 0.5) is 4.79 Å². The smallest absolute Gasteiger partial charge is 0.411 e. The van der Waals surface area contributed by atoms with E-state index in [1.54, 1.807) is 0 Å². The number of aliphatic carboxylic acids is 1. The Kier molecular flexibility index (Phi) is 3.30. The Morgan fingerprint density at radius 2 is 1.83 bits per heavy atom. The van der Waals surface area contributed by atoms with E-state index < -0.39 is 17.6 Å². The van der Waals surface area contributed by atoms with E-state index in [4.69, 9.17) is 4.74 Å². The standard InChI is InChI=1S/C19H17NO4/c21-17(22)19-10-16(19)15-9-5-4-8-14(15)11-20(19)18(23)24-12-13-6-2-1-3-7-13/h1-9,16H,10-12H2,(H,21,22). The second-order valence-corrected chi connectivity index (χ2v) is 6.31. The Morgan fingerprint density at radius 1 is 1.12 bits per heavy atom. The van der Waals surface area contributed by atoms with E-state index in [1.165, 1.54) is 4.90 Å². The van der Waals surface area contributed by atoms with Gasteiger partial charge in [0.1, 0.15) is 6.61 Å². The Hall–Kier alpha value is -2.82. The molecule has 1 fully saturated rings. The van der Waals surface area contributed by atoms with Gasteiger partial charge in [0.15, 0.2) is 5.54 Å². The number of amides is 1. The van der Waals surface area contributed by atoms with E-state index >= 15 is 0 Å². The fourth-order valence-electron chi connectivity index (χ4n) is 3.62. The summed E-state index contributed by atoms with van der Waals surface area (Å²) in [6.45, 7) is 0.408. The van der Waals surface area contributed by atoms with E-state index in [9.17, 15) is 14.7 Å². The second kappa shape index (κ2) is 5.37. The summed E-state index contributed by atoms with van der Waals surface area (Å²) >= 11 is 0. The van der Waals surface area contributed by atoms with Crippen molar-refractivity contribution in [2.45, 2.75) is 31.0 Å². The van der Waals surface area contributed by atoms with Crippen LogP contribution in [0.1, 0.15) is 29.0 Å². The van der Waals surface area contributed by atoms with Crippen molar-refractivity contribution in [3.8, 4) is 0 Å². The van der Waals surface area contributed by atoms with Crippen molar-refractivity contribution in [3.63, 3.8) is 0 Å². The average Bonchev–Trinajstić information content (AvgIpc) is 3.37. The van der Waals surface area contributed by atoms with Gasteiger partial charge in [-0.1, -0.05) is 54.6 Å². The molecule has 2 aromatic carbocycles. The first-order valence-electron chi connectivity index (χ1n) is 7.92. The SMILES string of the molecule is O=C(OCc1ccccc1)N1Cc2ccccc2C2CC21C(=O)O. The minimum Gasteiger partial charge on any atom is -0.479 e. The first kappa shape index (κ1) is 14.8. The van der Waals surface area contributed by atoms with Crippen molar-refractivity contribution in [2.75, 3.05) is 0 Å². The molecule has 1 N–H and O–H groups in total. The highest BCUT2D eigenvalue weighted by Gasteiger charge is 2.69. The minimum atomic E-state index is -1.15. The number of carbonyl (C=O) groups is 2. The molecule has 2 aliphatic rings. The van der Waals surface area contributed by atoms with E-state index in [-0.39, 0.29) is 19.1 Å². The van der Waals surface area contributed by atoms with Crippen LogP contribution in [0.15, 0.2) is 54.6 Å². The zero-order valence-electron chi connectivity index (χ0n) is 13.0. The van der Waals surface area contributed by atoms with Gasteiger partial charge < -0.3 is 9.84 Å². The monoisotopic (exact) mass is 323 g/mol. The summed E-state index contributed by atoms with van der Waals surface area (Å²) in [5.41, 5.74) is 1.75. The molecule has 1 amide bonds. The molecule has 1 aliphatic heterocycles. The van der Waals surface area contributed by atoms with Crippen LogP contribution in [0.5, 0.6) is 0 Å². The lowest BCUT2D eigenvalue weighted by molar-refractivity contribution is -0.145. The van der Waals surface area contributed by atoms with Crippen LogP contribution in [-0.4, -0.2) is 27.6 Å². The van der Waals surface area contributed by atoms with Gasteiger partial charge >= 0.3 is 12.1 Å². The summed E-state index contributed by atoms with van der Waals surface area (Å²) in [4.78, 5) is 25.8. The number of hydrogen-bond acceptors (Lipinski definition) is 3. The molecule has 1 saturated carbocycles. The van der Waals surface area contributed by atoms with Gasteiger partial charge in [-0.2, -0.15) is 0 Å². The Bertz CT molecular complexity index is 804. The van der Waals surface area contributed by atoms with Gasteiger partial charge in [0, 0.05) is 5.92 Å². The van der Waals surface area contributed by atoms with Crippen LogP contribution in [-0.2, 0) is 22.7 Å². The number of carboxylic acid groups (broad SMARTS) is 1. The fraction of sp³-hybridized carbons (Fsp3) is 0.263. The summed E-state index contributed by atoms with van der Waals surface area (Å²) in [5, 5.41) is 9.72. The maximum absolute atomic E-state index is 12.6. The van der Waals surface area contributed by atoms with Crippen molar-refractivity contribution in [1.29, 1.82) is 0 Å². The molecule has 0 bridgehead atoms. The molecule has 2 atom stereocenters. The number of fused-ring (bicyclic) bond motifs is 3. The summed E-state index contributed by atoms with van der Waals surface area (Å²) in [6.07, 6.45) is -0.127. The molecule has 5 nitrogen and oxygen atoms in total. The molecular weight excluding hydrogens is 306 g/mol.